The van der Waals surface area contributed by atoms with Crippen LogP contribution in [0.15, 0.2) is 71.2 Å². The molecule has 5 amide bonds. The Balaban J connectivity index is 1.36. The summed E-state index contributed by atoms with van der Waals surface area (Å²) in [5.41, 5.74) is 4.75. The normalized spacial score (nSPS) is 13.0. The molecule has 0 spiro atoms. The molecule has 3 aromatic carbocycles. The Hall–Kier alpha value is -4.05. The second kappa shape index (κ2) is 15.3. The third-order valence-electron chi connectivity index (χ3n) is 7.25. The molecule has 222 valence electrons. The van der Waals surface area contributed by atoms with Crippen molar-refractivity contribution in [2.75, 3.05) is 30.8 Å². The van der Waals surface area contributed by atoms with E-state index in [0.29, 0.717) is 50.3 Å². The number of nitrogens with one attached hydrogen (secondary N) is 4. The van der Waals surface area contributed by atoms with Crippen molar-refractivity contribution in [3.63, 3.8) is 0 Å². The highest BCUT2D eigenvalue weighted by molar-refractivity contribution is 9.10. The Labute approximate surface area is 255 Å². The highest BCUT2D eigenvalue weighted by atomic mass is 79.9. The molecule has 4 rings (SSSR count). The van der Waals surface area contributed by atoms with E-state index in [9.17, 15) is 14.4 Å². The predicted molar refractivity (Wildman–Crippen MR) is 169 cm³/mol. The Morgan fingerprint density at radius 3 is 2.36 bits per heavy atom. The number of amides is 5. The number of fused-ring (bicyclic) bond motifs is 1. The maximum atomic E-state index is 13.8. The SMILES string of the molecule is CCc1cc2c(cc1OC)CCN(C(=O)C(CCCCNC(=O)Nc1ccccc1)NC(=O)Nc1ccc(Br)cc1)C2. The number of ether oxygens (including phenoxy) is 1. The van der Waals surface area contributed by atoms with Crippen molar-refractivity contribution < 1.29 is 19.1 Å². The van der Waals surface area contributed by atoms with Crippen LogP contribution in [0, 0.1) is 0 Å². The maximum absolute atomic E-state index is 13.8. The fourth-order valence-corrected chi connectivity index (χ4v) is 5.27. The van der Waals surface area contributed by atoms with Crippen molar-refractivity contribution in [1.29, 1.82) is 0 Å². The molecular formula is C32H38BrN5O4. The number of unbranched alkanes of at least 4 members (excludes halogenated alkanes) is 1. The maximum Gasteiger partial charge on any atom is 0.319 e. The molecule has 10 heteroatoms. The molecule has 0 saturated carbocycles. The Morgan fingerprint density at radius 1 is 0.929 bits per heavy atom. The van der Waals surface area contributed by atoms with Crippen LogP contribution >= 0.6 is 15.9 Å². The zero-order valence-corrected chi connectivity index (χ0v) is 25.6. The topological polar surface area (TPSA) is 112 Å². The molecule has 42 heavy (non-hydrogen) atoms. The molecule has 3 aromatic rings. The zero-order chi connectivity index (χ0) is 29.9. The van der Waals surface area contributed by atoms with E-state index in [1.807, 2.05) is 47.4 Å². The number of aryl methyl sites for hydroxylation is 1. The Bertz CT molecular complexity index is 1370. The lowest BCUT2D eigenvalue weighted by Crippen LogP contribution is -2.50. The molecule has 0 saturated heterocycles. The van der Waals surface area contributed by atoms with Crippen molar-refractivity contribution in [2.45, 2.75) is 51.6 Å². The highest BCUT2D eigenvalue weighted by Gasteiger charge is 2.29. The largest absolute Gasteiger partial charge is 0.496 e. The first-order valence-electron chi connectivity index (χ1n) is 14.3. The first-order valence-corrected chi connectivity index (χ1v) is 15.1. The number of benzene rings is 3. The zero-order valence-electron chi connectivity index (χ0n) is 24.0. The van der Waals surface area contributed by atoms with Gasteiger partial charge in [0.25, 0.3) is 0 Å². The average molecular weight is 637 g/mol. The van der Waals surface area contributed by atoms with E-state index in [1.54, 1.807) is 19.2 Å². The number of carbonyl (C=O) groups is 3. The molecule has 1 atom stereocenters. The second-order valence-corrected chi connectivity index (χ2v) is 11.1. The summed E-state index contributed by atoms with van der Waals surface area (Å²) in [4.78, 5) is 40.7. The number of urea groups is 2. The fourth-order valence-electron chi connectivity index (χ4n) is 5.00. The van der Waals surface area contributed by atoms with Crippen molar-refractivity contribution in [2.24, 2.45) is 0 Å². The summed E-state index contributed by atoms with van der Waals surface area (Å²) in [7, 11) is 1.68. The van der Waals surface area contributed by atoms with Gasteiger partial charge in [0.05, 0.1) is 7.11 Å². The summed E-state index contributed by atoms with van der Waals surface area (Å²) >= 11 is 3.39. The van der Waals surface area contributed by atoms with Gasteiger partial charge in [-0.2, -0.15) is 0 Å². The lowest BCUT2D eigenvalue weighted by atomic mass is 9.95. The van der Waals surface area contributed by atoms with E-state index in [-0.39, 0.29) is 11.9 Å². The van der Waals surface area contributed by atoms with E-state index in [2.05, 4.69) is 56.3 Å². The number of carbonyl (C=O) groups excluding carboxylic acids is 3. The minimum atomic E-state index is -0.705. The van der Waals surface area contributed by atoms with Crippen LogP contribution in [-0.4, -0.2) is 49.1 Å². The van der Waals surface area contributed by atoms with Gasteiger partial charge in [0.15, 0.2) is 0 Å². The monoisotopic (exact) mass is 635 g/mol. The van der Waals surface area contributed by atoms with E-state index < -0.39 is 12.1 Å². The van der Waals surface area contributed by atoms with Crippen LogP contribution in [0.5, 0.6) is 5.75 Å². The molecule has 0 aliphatic carbocycles. The van der Waals surface area contributed by atoms with Crippen molar-refractivity contribution >= 4 is 45.3 Å². The number of anilines is 2. The van der Waals surface area contributed by atoms with E-state index in [4.69, 9.17) is 4.74 Å². The number of methoxy groups -OCH3 is 1. The summed E-state index contributed by atoms with van der Waals surface area (Å²) in [6.45, 7) is 3.58. The van der Waals surface area contributed by atoms with Gasteiger partial charge in [0.1, 0.15) is 11.8 Å². The van der Waals surface area contributed by atoms with E-state index in [0.717, 1.165) is 34.2 Å². The number of rotatable bonds is 11. The number of halogens is 1. The van der Waals surface area contributed by atoms with Crippen molar-refractivity contribution in [1.82, 2.24) is 15.5 Å². The predicted octanol–water partition coefficient (Wildman–Crippen LogP) is 6.09. The summed E-state index contributed by atoms with van der Waals surface area (Å²) in [6.07, 6.45) is 3.30. The van der Waals surface area contributed by atoms with Gasteiger partial charge in [-0.15, -0.1) is 0 Å². The van der Waals surface area contributed by atoms with Gasteiger partial charge < -0.3 is 30.9 Å². The summed E-state index contributed by atoms with van der Waals surface area (Å²) < 4.78 is 6.46. The van der Waals surface area contributed by atoms with E-state index >= 15 is 0 Å². The van der Waals surface area contributed by atoms with Crippen LogP contribution in [0.4, 0.5) is 21.0 Å². The Kier molecular flexibility index (Phi) is 11.2. The fraction of sp³-hybridized carbons (Fsp3) is 0.344. The smallest absolute Gasteiger partial charge is 0.319 e. The van der Waals surface area contributed by atoms with E-state index in [1.165, 1.54) is 5.56 Å². The van der Waals surface area contributed by atoms with Gasteiger partial charge in [-0.3, -0.25) is 4.79 Å². The molecule has 9 nitrogen and oxygen atoms in total. The summed E-state index contributed by atoms with van der Waals surface area (Å²) in [6, 6.07) is 19.3. The number of hydrogen-bond acceptors (Lipinski definition) is 4. The minimum absolute atomic E-state index is 0.116. The van der Waals surface area contributed by atoms with Crippen LogP contribution in [0.1, 0.15) is 42.9 Å². The number of hydrogen-bond donors (Lipinski definition) is 4. The number of para-hydroxylation sites is 1. The molecule has 4 N–H and O–H groups in total. The molecule has 0 bridgehead atoms. The molecule has 0 aromatic heterocycles. The van der Waals surface area contributed by atoms with Gasteiger partial charge in [-0.1, -0.05) is 47.1 Å². The van der Waals surface area contributed by atoms with Crippen LogP contribution in [0.3, 0.4) is 0 Å². The van der Waals surface area contributed by atoms with Crippen LogP contribution in [0.2, 0.25) is 0 Å². The number of nitrogens with zero attached hydrogens (tertiary/aromatic N) is 1. The molecule has 0 radical (unpaired) electrons. The van der Waals surface area contributed by atoms with Crippen LogP contribution in [0.25, 0.3) is 0 Å². The minimum Gasteiger partial charge on any atom is -0.496 e. The molecule has 1 aliphatic heterocycles. The quantitative estimate of drug-likeness (QED) is 0.191. The first kappa shape index (κ1) is 30.9. The van der Waals surface area contributed by atoms with Crippen molar-refractivity contribution in [3.05, 3.63) is 87.9 Å². The third-order valence-corrected chi connectivity index (χ3v) is 7.78. The van der Waals surface area contributed by atoms with Gasteiger partial charge in [0.2, 0.25) is 5.91 Å². The Morgan fingerprint density at radius 2 is 1.64 bits per heavy atom. The standard InChI is InChI=1S/C32H38BrN5O4/c1-3-22-19-24-21-38(18-16-23(24)20-29(22)42-2)30(39)28(37-32(41)36-27-14-12-25(33)13-15-27)11-7-8-17-34-31(40)35-26-9-5-4-6-10-26/h4-6,9-10,12-15,19-20,28H,3,7-8,11,16-18,21H2,1-2H3,(H2,34,35,40)(H2,36,37,41). The van der Waals surface area contributed by atoms with Crippen LogP contribution < -0.4 is 26.0 Å². The summed E-state index contributed by atoms with van der Waals surface area (Å²) in [5, 5.41) is 11.4. The van der Waals surface area contributed by atoms with Crippen LogP contribution in [-0.2, 0) is 24.2 Å². The molecule has 1 heterocycles. The third kappa shape index (κ3) is 8.72. The highest BCUT2D eigenvalue weighted by Crippen LogP contribution is 2.29. The van der Waals surface area contributed by atoms with Gasteiger partial charge in [-0.05, 0) is 91.3 Å². The second-order valence-electron chi connectivity index (χ2n) is 10.2. The molecule has 1 unspecified atom stereocenters. The van der Waals surface area contributed by atoms with Crippen molar-refractivity contribution in [3.8, 4) is 5.75 Å². The first-order chi connectivity index (χ1) is 20.4. The average Bonchev–Trinajstić information content (AvgIpc) is 3.00. The lowest BCUT2D eigenvalue weighted by molar-refractivity contribution is -0.134. The molecule has 0 fully saturated rings. The summed E-state index contributed by atoms with van der Waals surface area (Å²) in [5.74, 6) is 0.765. The van der Waals surface area contributed by atoms with Gasteiger partial charge in [-0.25, -0.2) is 9.59 Å². The molecule has 1 aliphatic rings. The van der Waals surface area contributed by atoms with Gasteiger partial charge >= 0.3 is 12.1 Å². The van der Waals surface area contributed by atoms with Gasteiger partial charge in [0, 0.05) is 35.5 Å². The molecular weight excluding hydrogens is 598 g/mol. The lowest BCUT2D eigenvalue weighted by Gasteiger charge is -2.33.